The summed E-state index contributed by atoms with van der Waals surface area (Å²) in [5.41, 5.74) is 0.565. The van der Waals surface area contributed by atoms with E-state index in [2.05, 4.69) is 58.5 Å². The SMILES string of the molecule is CCNC(=NCCNC(=O)c1cccnc1)NC1CN(C(C)C)CC1C.I. The first-order valence-electron chi connectivity index (χ1n) is 9.48. The van der Waals surface area contributed by atoms with Gasteiger partial charge >= 0.3 is 0 Å². The molecule has 0 spiro atoms. The van der Waals surface area contributed by atoms with Crippen molar-refractivity contribution >= 4 is 35.8 Å². The fourth-order valence-electron chi connectivity index (χ4n) is 3.05. The van der Waals surface area contributed by atoms with Crippen molar-refractivity contribution in [1.82, 2.24) is 25.8 Å². The van der Waals surface area contributed by atoms with Crippen LogP contribution < -0.4 is 16.0 Å². The van der Waals surface area contributed by atoms with E-state index in [-0.39, 0.29) is 29.9 Å². The zero-order valence-electron chi connectivity index (χ0n) is 16.7. The van der Waals surface area contributed by atoms with E-state index in [4.69, 9.17) is 0 Å². The monoisotopic (exact) mass is 488 g/mol. The van der Waals surface area contributed by atoms with Crippen molar-refractivity contribution in [1.29, 1.82) is 0 Å². The third-order valence-corrected chi connectivity index (χ3v) is 4.63. The molecule has 8 heteroatoms. The molecule has 2 rings (SSSR count). The summed E-state index contributed by atoms with van der Waals surface area (Å²) in [5, 5.41) is 9.71. The van der Waals surface area contributed by atoms with E-state index in [1.54, 1.807) is 24.5 Å². The number of amides is 1. The molecule has 2 heterocycles. The molecule has 0 aromatic carbocycles. The van der Waals surface area contributed by atoms with Crippen LogP contribution in [0.2, 0.25) is 0 Å². The first-order chi connectivity index (χ1) is 12.5. The number of aliphatic imine (C=N–C) groups is 1. The number of guanidine groups is 1. The highest BCUT2D eigenvalue weighted by Crippen LogP contribution is 2.18. The number of carbonyl (C=O) groups is 1. The van der Waals surface area contributed by atoms with Gasteiger partial charge in [-0.25, -0.2) is 0 Å². The molecule has 3 N–H and O–H groups in total. The van der Waals surface area contributed by atoms with Crippen molar-refractivity contribution in [2.75, 3.05) is 32.7 Å². The predicted molar refractivity (Wildman–Crippen MR) is 121 cm³/mol. The fourth-order valence-corrected chi connectivity index (χ4v) is 3.05. The highest BCUT2D eigenvalue weighted by atomic mass is 127. The second-order valence-electron chi connectivity index (χ2n) is 7.03. The minimum absolute atomic E-state index is 0. The zero-order chi connectivity index (χ0) is 18.9. The van der Waals surface area contributed by atoms with Gasteiger partial charge in [0.25, 0.3) is 5.91 Å². The number of halogens is 1. The molecule has 1 aromatic rings. The van der Waals surface area contributed by atoms with Gasteiger partial charge in [-0.2, -0.15) is 0 Å². The Morgan fingerprint density at radius 2 is 2.15 bits per heavy atom. The highest BCUT2D eigenvalue weighted by Gasteiger charge is 2.31. The van der Waals surface area contributed by atoms with Crippen molar-refractivity contribution in [3.05, 3.63) is 30.1 Å². The summed E-state index contributed by atoms with van der Waals surface area (Å²) in [4.78, 5) is 23.0. The lowest BCUT2D eigenvalue weighted by atomic mass is 10.1. The van der Waals surface area contributed by atoms with Crippen LogP contribution in [-0.2, 0) is 0 Å². The Kier molecular flexibility index (Phi) is 10.6. The standard InChI is InChI=1S/C19H32N6O.HI/c1-5-21-19(24-17-13-25(14(2)3)12-15(17)4)23-10-9-22-18(26)16-7-6-8-20-11-16;/h6-8,11,14-15,17H,5,9-10,12-13H2,1-4H3,(H,22,26)(H2,21,23,24);1H. The molecule has 1 aromatic heterocycles. The molecule has 0 radical (unpaired) electrons. The molecule has 2 atom stereocenters. The number of likely N-dealkylation sites (tertiary alicyclic amines) is 1. The number of carbonyl (C=O) groups excluding carboxylic acids is 1. The number of hydrogen-bond acceptors (Lipinski definition) is 4. The Balaban J connectivity index is 0.00000364. The number of nitrogens with one attached hydrogen (secondary N) is 3. The maximum Gasteiger partial charge on any atom is 0.252 e. The largest absolute Gasteiger partial charge is 0.357 e. The smallest absolute Gasteiger partial charge is 0.252 e. The summed E-state index contributed by atoms with van der Waals surface area (Å²) < 4.78 is 0. The van der Waals surface area contributed by atoms with E-state index in [0.29, 0.717) is 36.7 Å². The van der Waals surface area contributed by atoms with Gasteiger partial charge in [-0.1, -0.05) is 6.92 Å². The third-order valence-electron chi connectivity index (χ3n) is 4.63. The van der Waals surface area contributed by atoms with Gasteiger partial charge in [0.2, 0.25) is 0 Å². The van der Waals surface area contributed by atoms with Gasteiger partial charge in [-0.05, 0) is 38.8 Å². The molecule has 0 aliphatic carbocycles. The number of nitrogens with zero attached hydrogens (tertiary/aromatic N) is 3. The molecule has 1 amide bonds. The third kappa shape index (κ3) is 7.61. The Bertz CT molecular complexity index is 595. The molecule has 1 fully saturated rings. The molecule has 1 saturated heterocycles. The molecule has 2 unspecified atom stereocenters. The number of aromatic nitrogens is 1. The predicted octanol–water partition coefficient (Wildman–Crippen LogP) is 1.71. The van der Waals surface area contributed by atoms with Crippen molar-refractivity contribution in [3.63, 3.8) is 0 Å². The van der Waals surface area contributed by atoms with Crippen LogP contribution >= 0.6 is 24.0 Å². The lowest BCUT2D eigenvalue weighted by molar-refractivity contribution is 0.0954. The van der Waals surface area contributed by atoms with E-state index < -0.39 is 0 Å². The second-order valence-corrected chi connectivity index (χ2v) is 7.03. The van der Waals surface area contributed by atoms with E-state index >= 15 is 0 Å². The molecule has 152 valence electrons. The van der Waals surface area contributed by atoms with Gasteiger partial charge in [0.15, 0.2) is 5.96 Å². The summed E-state index contributed by atoms with van der Waals surface area (Å²) in [6.45, 7) is 12.8. The van der Waals surface area contributed by atoms with Crippen molar-refractivity contribution < 1.29 is 4.79 Å². The van der Waals surface area contributed by atoms with E-state index in [9.17, 15) is 4.79 Å². The molecule has 0 bridgehead atoms. The lowest BCUT2D eigenvalue weighted by Gasteiger charge is -2.22. The van der Waals surface area contributed by atoms with Gasteiger partial charge in [0.1, 0.15) is 0 Å². The van der Waals surface area contributed by atoms with Crippen LogP contribution in [0.4, 0.5) is 0 Å². The molecule has 0 saturated carbocycles. The van der Waals surface area contributed by atoms with Gasteiger partial charge < -0.3 is 16.0 Å². The Morgan fingerprint density at radius 1 is 1.37 bits per heavy atom. The average Bonchev–Trinajstić information content (AvgIpc) is 3.00. The number of rotatable bonds is 7. The Labute approximate surface area is 179 Å². The van der Waals surface area contributed by atoms with Crippen LogP contribution in [0.5, 0.6) is 0 Å². The molecule has 1 aliphatic heterocycles. The minimum atomic E-state index is -0.122. The molecular formula is C19H33IN6O. The Hall–Kier alpha value is -1.42. The highest BCUT2D eigenvalue weighted by molar-refractivity contribution is 14.0. The molecular weight excluding hydrogens is 455 g/mol. The summed E-state index contributed by atoms with van der Waals surface area (Å²) >= 11 is 0. The zero-order valence-corrected chi connectivity index (χ0v) is 19.1. The number of pyridine rings is 1. The topological polar surface area (TPSA) is 81.6 Å². The van der Waals surface area contributed by atoms with E-state index in [1.807, 2.05) is 0 Å². The van der Waals surface area contributed by atoms with Crippen LogP contribution in [0.25, 0.3) is 0 Å². The maximum atomic E-state index is 12.0. The van der Waals surface area contributed by atoms with Crippen molar-refractivity contribution in [2.45, 2.75) is 39.8 Å². The molecule has 27 heavy (non-hydrogen) atoms. The van der Waals surface area contributed by atoms with Crippen molar-refractivity contribution in [3.8, 4) is 0 Å². The van der Waals surface area contributed by atoms with Crippen molar-refractivity contribution in [2.24, 2.45) is 10.9 Å². The van der Waals surface area contributed by atoms with E-state index in [1.165, 1.54) is 0 Å². The first kappa shape index (κ1) is 23.6. The Morgan fingerprint density at radius 3 is 2.74 bits per heavy atom. The quantitative estimate of drug-likeness (QED) is 0.236. The molecule has 1 aliphatic rings. The van der Waals surface area contributed by atoms with Gasteiger partial charge in [-0.3, -0.25) is 19.7 Å². The average molecular weight is 488 g/mol. The van der Waals surface area contributed by atoms with Crippen LogP contribution in [-0.4, -0.2) is 66.6 Å². The maximum absolute atomic E-state index is 12.0. The van der Waals surface area contributed by atoms with Gasteiger partial charge in [0.05, 0.1) is 12.1 Å². The second kappa shape index (κ2) is 12.1. The van der Waals surface area contributed by atoms with Crippen LogP contribution in [0, 0.1) is 5.92 Å². The molecule has 7 nitrogen and oxygen atoms in total. The number of hydrogen-bond donors (Lipinski definition) is 3. The summed E-state index contributed by atoms with van der Waals surface area (Å²) in [6, 6.07) is 4.45. The summed E-state index contributed by atoms with van der Waals surface area (Å²) in [5.74, 6) is 1.26. The lowest BCUT2D eigenvalue weighted by Crippen LogP contribution is -2.47. The van der Waals surface area contributed by atoms with Gasteiger partial charge in [-0.15, -0.1) is 24.0 Å². The van der Waals surface area contributed by atoms with Crippen LogP contribution in [0.3, 0.4) is 0 Å². The van der Waals surface area contributed by atoms with E-state index in [0.717, 1.165) is 25.6 Å². The van der Waals surface area contributed by atoms with Crippen LogP contribution in [0.15, 0.2) is 29.5 Å². The first-order valence-corrected chi connectivity index (χ1v) is 9.48. The summed E-state index contributed by atoms with van der Waals surface area (Å²) in [7, 11) is 0. The van der Waals surface area contributed by atoms with Gasteiger partial charge in [0, 0.05) is 50.7 Å². The fraction of sp³-hybridized carbons (Fsp3) is 0.632. The summed E-state index contributed by atoms with van der Waals surface area (Å²) in [6.07, 6.45) is 3.21. The minimum Gasteiger partial charge on any atom is -0.357 e. The normalized spacial score (nSPS) is 20.3. The van der Waals surface area contributed by atoms with Crippen LogP contribution in [0.1, 0.15) is 38.1 Å².